The predicted octanol–water partition coefficient (Wildman–Crippen LogP) is 1.56. The van der Waals surface area contributed by atoms with Gasteiger partial charge in [0.1, 0.15) is 6.61 Å². The fourth-order valence-corrected chi connectivity index (χ4v) is 2.88. The maximum atomic E-state index is 11.9. The second-order valence-corrected chi connectivity index (χ2v) is 6.60. The first-order valence-electron chi connectivity index (χ1n) is 5.65. The molecule has 0 atom stereocenters. The average molecular weight is 339 g/mol. The van der Waals surface area contributed by atoms with E-state index in [1.54, 1.807) is 0 Å². The summed E-state index contributed by atoms with van der Waals surface area (Å²) < 4.78 is 61.4. The van der Waals surface area contributed by atoms with Crippen LogP contribution in [0, 0.1) is 11.8 Å². The normalized spacial score (nSPS) is 11.8. The lowest BCUT2D eigenvalue weighted by Gasteiger charge is -2.08. The van der Waals surface area contributed by atoms with Gasteiger partial charge in [-0.15, -0.1) is 0 Å². The van der Waals surface area contributed by atoms with Gasteiger partial charge in [-0.3, -0.25) is 0 Å². The van der Waals surface area contributed by atoms with Gasteiger partial charge in [0.05, 0.1) is 4.90 Å². The Morgan fingerprint density at radius 3 is 2.38 bits per heavy atom. The standard InChI is InChI=1S/C12H12F3NO3S2/c13-12(14,15)20-9-7-16-21(18,19)11-5-3-10(4-6-11)2-1-8-17/h3-6,16-17H,7-9H2. The van der Waals surface area contributed by atoms with Crippen LogP contribution in [0.2, 0.25) is 0 Å². The topological polar surface area (TPSA) is 66.4 Å². The zero-order valence-corrected chi connectivity index (χ0v) is 12.3. The van der Waals surface area contributed by atoms with Crippen molar-refractivity contribution in [3.05, 3.63) is 29.8 Å². The summed E-state index contributed by atoms with van der Waals surface area (Å²) in [6.07, 6.45) is 0. The first-order chi connectivity index (χ1) is 9.74. The van der Waals surface area contributed by atoms with Crippen LogP contribution in [0.5, 0.6) is 0 Å². The molecule has 0 aliphatic rings. The lowest BCUT2D eigenvalue weighted by Crippen LogP contribution is -2.26. The smallest absolute Gasteiger partial charge is 0.384 e. The molecule has 2 N–H and O–H groups in total. The first kappa shape index (κ1) is 17.8. The summed E-state index contributed by atoms with van der Waals surface area (Å²) in [6, 6.07) is 5.48. The van der Waals surface area contributed by atoms with Crippen molar-refractivity contribution in [2.75, 3.05) is 18.9 Å². The number of hydrogen-bond acceptors (Lipinski definition) is 4. The van der Waals surface area contributed by atoms with Crippen LogP contribution in [-0.2, 0) is 10.0 Å². The SMILES string of the molecule is O=S(=O)(NCCSC(F)(F)F)c1ccc(C#CCO)cc1. The first-order valence-corrected chi connectivity index (χ1v) is 8.11. The van der Waals surface area contributed by atoms with Crippen LogP contribution in [0.1, 0.15) is 5.56 Å². The molecule has 9 heteroatoms. The number of nitrogens with one attached hydrogen (secondary N) is 1. The second-order valence-electron chi connectivity index (χ2n) is 3.68. The number of rotatable bonds is 5. The predicted molar refractivity (Wildman–Crippen MR) is 74.1 cm³/mol. The minimum atomic E-state index is -4.38. The van der Waals surface area contributed by atoms with Crippen molar-refractivity contribution < 1.29 is 26.7 Å². The highest BCUT2D eigenvalue weighted by Gasteiger charge is 2.27. The molecular formula is C12H12F3NO3S2. The molecule has 1 aromatic rings. The van der Waals surface area contributed by atoms with E-state index < -0.39 is 21.3 Å². The van der Waals surface area contributed by atoms with Gasteiger partial charge in [-0.1, -0.05) is 11.8 Å². The van der Waals surface area contributed by atoms with Crippen molar-refractivity contribution in [1.29, 1.82) is 0 Å². The van der Waals surface area contributed by atoms with Crippen LogP contribution in [0.3, 0.4) is 0 Å². The number of aliphatic hydroxyl groups is 1. The van der Waals surface area contributed by atoms with E-state index in [9.17, 15) is 21.6 Å². The minimum Gasteiger partial charge on any atom is -0.384 e. The molecule has 4 nitrogen and oxygen atoms in total. The van der Waals surface area contributed by atoms with Crippen molar-refractivity contribution in [3.63, 3.8) is 0 Å². The van der Waals surface area contributed by atoms with Crippen LogP contribution in [0.4, 0.5) is 13.2 Å². The van der Waals surface area contributed by atoms with E-state index in [0.717, 1.165) is 0 Å². The van der Waals surface area contributed by atoms with Gasteiger partial charge < -0.3 is 5.11 Å². The van der Waals surface area contributed by atoms with E-state index in [0.29, 0.717) is 5.56 Å². The third kappa shape index (κ3) is 6.86. The molecule has 0 aliphatic heterocycles. The summed E-state index contributed by atoms with van der Waals surface area (Å²) in [4.78, 5) is -0.0611. The zero-order chi connectivity index (χ0) is 15.9. The summed E-state index contributed by atoms with van der Waals surface area (Å²) in [5, 5.41) is 8.53. The van der Waals surface area contributed by atoms with Gasteiger partial charge in [0, 0.05) is 17.9 Å². The Morgan fingerprint density at radius 2 is 1.86 bits per heavy atom. The summed E-state index contributed by atoms with van der Waals surface area (Å²) in [5.41, 5.74) is -3.85. The maximum Gasteiger partial charge on any atom is 0.441 e. The molecule has 0 amide bonds. The largest absolute Gasteiger partial charge is 0.441 e. The number of alkyl halides is 3. The van der Waals surface area contributed by atoms with Gasteiger partial charge in [0.25, 0.3) is 0 Å². The Bertz CT molecular complexity index is 616. The lowest BCUT2D eigenvalue weighted by atomic mass is 10.2. The van der Waals surface area contributed by atoms with Crippen LogP contribution < -0.4 is 4.72 Å². The van der Waals surface area contributed by atoms with Gasteiger partial charge in [-0.05, 0) is 36.0 Å². The third-order valence-corrected chi connectivity index (χ3v) is 4.35. The van der Waals surface area contributed by atoms with Gasteiger partial charge in [0.2, 0.25) is 10.0 Å². The molecule has 0 spiro atoms. The van der Waals surface area contributed by atoms with Crippen LogP contribution in [0.25, 0.3) is 0 Å². The summed E-state index contributed by atoms with van der Waals surface area (Å²) >= 11 is -0.288. The Hall–Kier alpha value is -1.21. The Labute approximate surface area is 124 Å². The summed E-state index contributed by atoms with van der Waals surface area (Å²) in [7, 11) is -3.84. The van der Waals surface area contributed by atoms with Crippen LogP contribution in [-0.4, -0.2) is 37.9 Å². The molecule has 0 radical (unpaired) electrons. The fourth-order valence-electron chi connectivity index (χ4n) is 1.29. The Balaban J connectivity index is 2.62. The number of hydrogen-bond donors (Lipinski definition) is 2. The van der Waals surface area contributed by atoms with Crippen molar-refractivity contribution in [3.8, 4) is 11.8 Å². The number of benzene rings is 1. The van der Waals surface area contributed by atoms with Crippen molar-refractivity contribution in [1.82, 2.24) is 4.72 Å². The molecule has 1 aromatic carbocycles. The summed E-state index contributed by atoms with van der Waals surface area (Å²) in [6.45, 7) is -0.628. The van der Waals surface area contributed by atoms with E-state index in [1.165, 1.54) is 24.3 Å². The molecule has 116 valence electrons. The molecule has 0 aliphatic carbocycles. The molecular weight excluding hydrogens is 327 g/mol. The fraction of sp³-hybridized carbons (Fsp3) is 0.333. The highest BCUT2D eigenvalue weighted by molar-refractivity contribution is 8.00. The number of sulfonamides is 1. The highest BCUT2D eigenvalue weighted by Crippen LogP contribution is 2.29. The van der Waals surface area contributed by atoms with Gasteiger partial charge in [0.15, 0.2) is 0 Å². The van der Waals surface area contributed by atoms with E-state index in [2.05, 4.69) is 16.6 Å². The molecule has 0 saturated carbocycles. The molecule has 0 fully saturated rings. The number of thioether (sulfide) groups is 1. The van der Waals surface area contributed by atoms with E-state index in [-0.39, 0.29) is 29.8 Å². The minimum absolute atomic E-state index is 0.0611. The molecule has 0 heterocycles. The van der Waals surface area contributed by atoms with Gasteiger partial charge >= 0.3 is 5.51 Å². The summed E-state index contributed by atoms with van der Waals surface area (Å²) in [5.74, 6) is 4.61. The van der Waals surface area contributed by atoms with Gasteiger partial charge in [-0.2, -0.15) is 13.2 Å². The third-order valence-electron chi connectivity index (χ3n) is 2.14. The molecule has 1 rings (SSSR count). The second kappa shape index (κ2) is 7.70. The van der Waals surface area contributed by atoms with Crippen LogP contribution in [0.15, 0.2) is 29.2 Å². The molecule has 21 heavy (non-hydrogen) atoms. The molecule has 0 aromatic heterocycles. The quantitative estimate of drug-likeness (QED) is 0.631. The van der Waals surface area contributed by atoms with Crippen molar-refractivity contribution >= 4 is 21.8 Å². The molecule has 0 saturated heterocycles. The van der Waals surface area contributed by atoms with Crippen LogP contribution >= 0.6 is 11.8 Å². The van der Waals surface area contributed by atoms with Crippen molar-refractivity contribution in [2.24, 2.45) is 0 Å². The van der Waals surface area contributed by atoms with E-state index >= 15 is 0 Å². The van der Waals surface area contributed by atoms with Gasteiger partial charge in [-0.25, -0.2) is 13.1 Å². The number of halogens is 3. The molecule has 0 bridgehead atoms. The lowest BCUT2D eigenvalue weighted by molar-refractivity contribution is -0.0327. The van der Waals surface area contributed by atoms with E-state index in [4.69, 9.17) is 5.11 Å². The Kier molecular flexibility index (Phi) is 6.54. The number of aliphatic hydroxyl groups excluding tert-OH is 1. The Morgan fingerprint density at radius 1 is 1.24 bits per heavy atom. The monoisotopic (exact) mass is 339 g/mol. The maximum absolute atomic E-state index is 11.9. The molecule has 0 unspecified atom stereocenters. The average Bonchev–Trinajstić information content (AvgIpc) is 2.41. The zero-order valence-electron chi connectivity index (χ0n) is 10.6. The van der Waals surface area contributed by atoms with E-state index in [1.807, 2.05) is 0 Å². The van der Waals surface area contributed by atoms with Crippen molar-refractivity contribution in [2.45, 2.75) is 10.4 Å². The highest BCUT2D eigenvalue weighted by atomic mass is 32.2.